The van der Waals surface area contributed by atoms with E-state index in [1.165, 1.54) is 0 Å². The number of hydrogen-bond acceptors (Lipinski definition) is 2. The smallest absolute Gasteiger partial charge is 0.338 e. The number of rotatable bonds is 3. The predicted octanol–water partition coefficient (Wildman–Crippen LogP) is 2.87. The molecule has 1 heterocycles. The van der Waals surface area contributed by atoms with Gasteiger partial charge < -0.3 is 9.30 Å². The number of nitrogens with zero attached hydrogens (tertiary/aromatic N) is 1. The SMILES string of the molecule is CCOC(=O)c1cccc(-c2cccn2C)c1. The van der Waals surface area contributed by atoms with Gasteiger partial charge in [0.25, 0.3) is 0 Å². The van der Waals surface area contributed by atoms with Gasteiger partial charge in [0.15, 0.2) is 0 Å². The summed E-state index contributed by atoms with van der Waals surface area (Å²) in [6, 6.07) is 11.5. The minimum Gasteiger partial charge on any atom is -0.462 e. The lowest BCUT2D eigenvalue weighted by atomic mass is 10.1. The normalized spacial score (nSPS) is 10.2. The van der Waals surface area contributed by atoms with E-state index in [0.29, 0.717) is 12.2 Å². The molecule has 3 nitrogen and oxygen atoms in total. The van der Waals surface area contributed by atoms with Crippen LogP contribution >= 0.6 is 0 Å². The van der Waals surface area contributed by atoms with Crippen molar-refractivity contribution < 1.29 is 9.53 Å². The third-order valence-corrected chi connectivity index (χ3v) is 2.61. The van der Waals surface area contributed by atoms with Crippen molar-refractivity contribution in [3.63, 3.8) is 0 Å². The molecule has 17 heavy (non-hydrogen) atoms. The lowest BCUT2D eigenvalue weighted by molar-refractivity contribution is 0.0526. The van der Waals surface area contributed by atoms with Crippen molar-refractivity contribution in [3.05, 3.63) is 48.2 Å². The highest BCUT2D eigenvalue weighted by Gasteiger charge is 2.08. The lowest BCUT2D eigenvalue weighted by Crippen LogP contribution is -2.04. The molecular weight excluding hydrogens is 214 g/mol. The van der Waals surface area contributed by atoms with Crippen LogP contribution in [0.2, 0.25) is 0 Å². The van der Waals surface area contributed by atoms with Crippen molar-refractivity contribution in [2.75, 3.05) is 6.61 Å². The maximum Gasteiger partial charge on any atom is 0.338 e. The average Bonchev–Trinajstić information content (AvgIpc) is 2.76. The van der Waals surface area contributed by atoms with Gasteiger partial charge in [0, 0.05) is 18.9 Å². The molecule has 0 amide bonds. The van der Waals surface area contributed by atoms with Crippen LogP contribution in [-0.2, 0) is 11.8 Å². The number of aromatic nitrogens is 1. The molecule has 0 fully saturated rings. The van der Waals surface area contributed by atoms with E-state index in [4.69, 9.17) is 4.74 Å². The molecule has 0 radical (unpaired) electrons. The Kier molecular flexibility index (Phi) is 3.28. The summed E-state index contributed by atoms with van der Waals surface area (Å²) < 4.78 is 7.00. The number of hydrogen-bond donors (Lipinski definition) is 0. The van der Waals surface area contributed by atoms with Gasteiger partial charge in [-0.25, -0.2) is 4.79 Å². The Bertz CT molecular complexity index is 529. The second kappa shape index (κ2) is 4.87. The number of ether oxygens (including phenoxy) is 1. The quantitative estimate of drug-likeness (QED) is 0.758. The first-order valence-corrected chi connectivity index (χ1v) is 5.61. The zero-order chi connectivity index (χ0) is 12.3. The number of carbonyl (C=O) groups excluding carboxylic acids is 1. The maximum atomic E-state index is 11.6. The highest BCUT2D eigenvalue weighted by atomic mass is 16.5. The first kappa shape index (κ1) is 11.5. The molecule has 0 N–H and O–H groups in total. The second-order valence-corrected chi connectivity index (χ2v) is 3.81. The first-order chi connectivity index (χ1) is 8.22. The molecule has 1 aromatic carbocycles. The van der Waals surface area contributed by atoms with Crippen molar-refractivity contribution in [1.82, 2.24) is 4.57 Å². The Labute approximate surface area is 101 Å². The second-order valence-electron chi connectivity index (χ2n) is 3.81. The van der Waals surface area contributed by atoms with Gasteiger partial charge in [-0.2, -0.15) is 0 Å². The summed E-state index contributed by atoms with van der Waals surface area (Å²) >= 11 is 0. The molecule has 0 saturated heterocycles. The van der Waals surface area contributed by atoms with E-state index in [1.54, 1.807) is 13.0 Å². The topological polar surface area (TPSA) is 31.2 Å². The standard InChI is InChI=1S/C14H15NO2/c1-3-17-14(16)12-7-4-6-11(10-12)13-8-5-9-15(13)2/h4-10H,3H2,1-2H3. The van der Waals surface area contributed by atoms with Crippen LogP contribution in [0.5, 0.6) is 0 Å². The fraction of sp³-hybridized carbons (Fsp3) is 0.214. The molecule has 0 spiro atoms. The molecule has 1 aromatic heterocycles. The molecule has 3 heteroatoms. The third kappa shape index (κ3) is 2.38. The zero-order valence-electron chi connectivity index (χ0n) is 10.0. The summed E-state index contributed by atoms with van der Waals surface area (Å²) in [7, 11) is 1.98. The number of benzene rings is 1. The minimum atomic E-state index is -0.274. The van der Waals surface area contributed by atoms with E-state index in [-0.39, 0.29) is 5.97 Å². The van der Waals surface area contributed by atoms with Gasteiger partial charge in [-0.15, -0.1) is 0 Å². The van der Waals surface area contributed by atoms with E-state index in [1.807, 2.05) is 48.1 Å². The summed E-state index contributed by atoms with van der Waals surface area (Å²) in [5, 5.41) is 0. The Balaban J connectivity index is 2.35. The first-order valence-electron chi connectivity index (χ1n) is 5.61. The van der Waals surface area contributed by atoms with Crippen LogP contribution < -0.4 is 0 Å². The molecule has 0 aliphatic carbocycles. The maximum absolute atomic E-state index is 11.6. The molecule has 2 aromatic rings. The van der Waals surface area contributed by atoms with Gasteiger partial charge in [0.2, 0.25) is 0 Å². The van der Waals surface area contributed by atoms with Crippen LogP contribution in [-0.4, -0.2) is 17.1 Å². The van der Waals surface area contributed by atoms with Crippen LogP contribution in [0.15, 0.2) is 42.6 Å². The van der Waals surface area contributed by atoms with Crippen LogP contribution in [0, 0.1) is 0 Å². The molecule has 2 rings (SSSR count). The summed E-state index contributed by atoms with van der Waals surface area (Å²) in [6.45, 7) is 2.20. The largest absolute Gasteiger partial charge is 0.462 e. The fourth-order valence-corrected chi connectivity index (χ4v) is 1.78. The van der Waals surface area contributed by atoms with Crippen molar-refractivity contribution >= 4 is 5.97 Å². The van der Waals surface area contributed by atoms with E-state index in [9.17, 15) is 4.79 Å². The van der Waals surface area contributed by atoms with E-state index >= 15 is 0 Å². The highest BCUT2D eigenvalue weighted by Crippen LogP contribution is 2.20. The van der Waals surface area contributed by atoms with Crippen LogP contribution in [0.4, 0.5) is 0 Å². The molecule has 0 atom stereocenters. The molecule has 0 bridgehead atoms. The Hall–Kier alpha value is -2.03. The monoisotopic (exact) mass is 229 g/mol. The fourth-order valence-electron chi connectivity index (χ4n) is 1.78. The Morgan fingerprint density at radius 3 is 2.76 bits per heavy atom. The zero-order valence-corrected chi connectivity index (χ0v) is 10.0. The van der Waals surface area contributed by atoms with Crippen molar-refractivity contribution in [1.29, 1.82) is 0 Å². The van der Waals surface area contributed by atoms with Gasteiger partial charge in [-0.1, -0.05) is 12.1 Å². The van der Waals surface area contributed by atoms with Crippen LogP contribution in [0.3, 0.4) is 0 Å². The molecule has 88 valence electrons. The van der Waals surface area contributed by atoms with Crippen molar-refractivity contribution in [2.45, 2.75) is 6.92 Å². The lowest BCUT2D eigenvalue weighted by Gasteiger charge is -2.06. The van der Waals surface area contributed by atoms with E-state index in [2.05, 4.69) is 0 Å². The number of esters is 1. The molecule has 0 aliphatic heterocycles. The van der Waals surface area contributed by atoms with E-state index < -0.39 is 0 Å². The Morgan fingerprint density at radius 1 is 1.29 bits per heavy atom. The van der Waals surface area contributed by atoms with E-state index in [0.717, 1.165) is 11.3 Å². The Morgan fingerprint density at radius 2 is 2.12 bits per heavy atom. The highest BCUT2D eigenvalue weighted by molar-refractivity contribution is 5.90. The van der Waals surface area contributed by atoms with Gasteiger partial charge >= 0.3 is 5.97 Å². The number of carbonyl (C=O) groups is 1. The van der Waals surface area contributed by atoms with Gasteiger partial charge in [-0.05, 0) is 36.8 Å². The molecule has 0 saturated carbocycles. The molecule has 0 aliphatic rings. The van der Waals surface area contributed by atoms with Crippen molar-refractivity contribution in [2.24, 2.45) is 7.05 Å². The van der Waals surface area contributed by atoms with Crippen LogP contribution in [0.25, 0.3) is 11.3 Å². The summed E-state index contributed by atoms with van der Waals surface area (Å²) in [5.41, 5.74) is 2.68. The summed E-state index contributed by atoms with van der Waals surface area (Å²) in [5.74, 6) is -0.274. The predicted molar refractivity (Wildman–Crippen MR) is 66.8 cm³/mol. The van der Waals surface area contributed by atoms with Crippen LogP contribution in [0.1, 0.15) is 17.3 Å². The van der Waals surface area contributed by atoms with Gasteiger partial charge in [-0.3, -0.25) is 0 Å². The average molecular weight is 229 g/mol. The van der Waals surface area contributed by atoms with Gasteiger partial charge in [0.1, 0.15) is 0 Å². The van der Waals surface area contributed by atoms with Gasteiger partial charge in [0.05, 0.1) is 12.2 Å². The minimum absolute atomic E-state index is 0.274. The summed E-state index contributed by atoms with van der Waals surface area (Å²) in [6.07, 6.45) is 1.98. The molecular formula is C14H15NO2. The number of aryl methyl sites for hydroxylation is 1. The summed E-state index contributed by atoms with van der Waals surface area (Å²) in [4.78, 5) is 11.6. The third-order valence-electron chi connectivity index (χ3n) is 2.61. The molecule has 0 unspecified atom stereocenters. The van der Waals surface area contributed by atoms with Crippen molar-refractivity contribution in [3.8, 4) is 11.3 Å².